The number of hydrogen-bond donors (Lipinski definition) is 1. The Morgan fingerprint density at radius 2 is 2.27 bits per heavy atom. The molecule has 0 bridgehead atoms. The van der Waals surface area contributed by atoms with Gasteiger partial charge in [0.15, 0.2) is 0 Å². The summed E-state index contributed by atoms with van der Waals surface area (Å²) in [7, 11) is 0. The predicted molar refractivity (Wildman–Crippen MR) is 49.4 cm³/mol. The summed E-state index contributed by atoms with van der Waals surface area (Å²) in [5.41, 5.74) is 1.06. The van der Waals surface area contributed by atoms with Crippen LogP contribution in [-0.4, -0.2) is 11.7 Å². The smallest absolute Gasteiger partial charge is 0.0639 e. The van der Waals surface area contributed by atoms with Gasteiger partial charge in [0.25, 0.3) is 0 Å². The van der Waals surface area contributed by atoms with Crippen LogP contribution in [0.5, 0.6) is 0 Å². The molecule has 1 atom stereocenters. The molecule has 0 saturated heterocycles. The molecule has 0 saturated carbocycles. The van der Waals surface area contributed by atoms with Crippen molar-refractivity contribution in [2.45, 2.75) is 26.7 Å². The Bertz CT molecular complexity index is 136. The first-order chi connectivity index (χ1) is 5.20. The molecule has 1 nitrogen and oxygen atoms in total. The third kappa shape index (κ3) is 5.86. The van der Waals surface area contributed by atoms with Crippen LogP contribution >= 0.6 is 0 Å². The molecular formula is C10H18O. The third-order valence-electron chi connectivity index (χ3n) is 1.77. The van der Waals surface area contributed by atoms with Crippen molar-refractivity contribution in [3.05, 3.63) is 24.3 Å². The topological polar surface area (TPSA) is 20.2 Å². The SMILES string of the molecule is C=CC(C)CCC=C(C)CO. The average Bonchev–Trinajstić information content (AvgIpc) is 2.04. The van der Waals surface area contributed by atoms with E-state index in [1.165, 1.54) is 0 Å². The van der Waals surface area contributed by atoms with Gasteiger partial charge in [0.2, 0.25) is 0 Å². The van der Waals surface area contributed by atoms with Crippen molar-refractivity contribution in [1.29, 1.82) is 0 Å². The van der Waals surface area contributed by atoms with Gasteiger partial charge in [0, 0.05) is 0 Å². The maximum atomic E-state index is 8.67. The minimum atomic E-state index is 0.183. The lowest BCUT2D eigenvalue weighted by molar-refractivity contribution is 0.330. The molecule has 11 heavy (non-hydrogen) atoms. The van der Waals surface area contributed by atoms with Gasteiger partial charge in [-0.05, 0) is 25.7 Å². The fourth-order valence-electron chi connectivity index (χ4n) is 0.775. The molecule has 0 fully saturated rings. The van der Waals surface area contributed by atoms with Crippen LogP contribution in [0.15, 0.2) is 24.3 Å². The second-order valence-corrected chi connectivity index (χ2v) is 3.00. The average molecular weight is 154 g/mol. The number of aliphatic hydroxyl groups excluding tert-OH is 1. The first-order valence-electron chi connectivity index (χ1n) is 4.09. The second kappa shape index (κ2) is 6.17. The summed E-state index contributed by atoms with van der Waals surface area (Å²) >= 11 is 0. The largest absolute Gasteiger partial charge is 0.392 e. The van der Waals surface area contributed by atoms with E-state index in [4.69, 9.17) is 5.11 Å². The first kappa shape index (κ1) is 10.4. The zero-order valence-corrected chi connectivity index (χ0v) is 7.51. The molecule has 0 amide bonds. The Morgan fingerprint density at radius 3 is 2.73 bits per heavy atom. The lowest BCUT2D eigenvalue weighted by Gasteiger charge is -2.01. The van der Waals surface area contributed by atoms with Gasteiger partial charge in [0.1, 0.15) is 0 Å². The highest BCUT2D eigenvalue weighted by molar-refractivity contribution is 4.97. The number of hydrogen-bond acceptors (Lipinski definition) is 1. The molecule has 0 aromatic heterocycles. The van der Waals surface area contributed by atoms with Crippen LogP contribution in [0.4, 0.5) is 0 Å². The lowest BCUT2D eigenvalue weighted by atomic mass is 10.1. The van der Waals surface area contributed by atoms with Gasteiger partial charge >= 0.3 is 0 Å². The van der Waals surface area contributed by atoms with Crippen LogP contribution in [0.3, 0.4) is 0 Å². The van der Waals surface area contributed by atoms with Crippen LogP contribution < -0.4 is 0 Å². The molecule has 0 aromatic carbocycles. The number of rotatable bonds is 5. The van der Waals surface area contributed by atoms with Gasteiger partial charge in [-0.1, -0.05) is 24.6 Å². The molecule has 0 aromatic rings. The summed E-state index contributed by atoms with van der Waals surface area (Å²) in [5.74, 6) is 0.581. The molecule has 0 aliphatic heterocycles. The van der Waals surface area contributed by atoms with E-state index in [1.807, 2.05) is 13.0 Å². The highest BCUT2D eigenvalue weighted by atomic mass is 16.3. The number of aliphatic hydroxyl groups is 1. The molecule has 0 rings (SSSR count). The molecule has 0 aliphatic rings. The van der Waals surface area contributed by atoms with E-state index in [9.17, 15) is 0 Å². The molecule has 0 heterocycles. The fourth-order valence-corrected chi connectivity index (χ4v) is 0.775. The Morgan fingerprint density at radius 1 is 1.64 bits per heavy atom. The van der Waals surface area contributed by atoms with Gasteiger partial charge in [-0.2, -0.15) is 0 Å². The van der Waals surface area contributed by atoms with E-state index in [0.29, 0.717) is 5.92 Å². The first-order valence-corrected chi connectivity index (χ1v) is 4.09. The zero-order chi connectivity index (χ0) is 8.69. The van der Waals surface area contributed by atoms with E-state index >= 15 is 0 Å². The molecule has 1 unspecified atom stereocenters. The fraction of sp³-hybridized carbons (Fsp3) is 0.600. The van der Waals surface area contributed by atoms with Crippen molar-refractivity contribution in [3.8, 4) is 0 Å². The van der Waals surface area contributed by atoms with Crippen LogP contribution in [0.1, 0.15) is 26.7 Å². The van der Waals surface area contributed by atoms with Crippen molar-refractivity contribution >= 4 is 0 Å². The van der Waals surface area contributed by atoms with E-state index in [0.717, 1.165) is 18.4 Å². The monoisotopic (exact) mass is 154 g/mol. The van der Waals surface area contributed by atoms with Gasteiger partial charge in [-0.15, -0.1) is 6.58 Å². The lowest BCUT2D eigenvalue weighted by Crippen LogP contribution is -1.88. The summed E-state index contributed by atoms with van der Waals surface area (Å²) in [6, 6.07) is 0. The minimum Gasteiger partial charge on any atom is -0.392 e. The highest BCUT2D eigenvalue weighted by Gasteiger charge is 1.93. The van der Waals surface area contributed by atoms with Crippen LogP contribution in [0.2, 0.25) is 0 Å². The van der Waals surface area contributed by atoms with Crippen LogP contribution in [0.25, 0.3) is 0 Å². The summed E-state index contributed by atoms with van der Waals surface area (Å²) in [5, 5.41) is 8.67. The van der Waals surface area contributed by atoms with E-state index < -0.39 is 0 Å². The molecule has 0 aliphatic carbocycles. The Labute approximate surface area is 69.4 Å². The predicted octanol–water partition coefficient (Wildman–Crippen LogP) is 2.53. The molecule has 0 radical (unpaired) electrons. The van der Waals surface area contributed by atoms with Crippen molar-refractivity contribution < 1.29 is 5.11 Å². The third-order valence-corrected chi connectivity index (χ3v) is 1.77. The van der Waals surface area contributed by atoms with Crippen LogP contribution in [0, 0.1) is 5.92 Å². The Kier molecular flexibility index (Phi) is 5.86. The van der Waals surface area contributed by atoms with Gasteiger partial charge in [-0.25, -0.2) is 0 Å². The summed E-state index contributed by atoms with van der Waals surface area (Å²) < 4.78 is 0. The zero-order valence-electron chi connectivity index (χ0n) is 7.51. The van der Waals surface area contributed by atoms with Crippen molar-refractivity contribution in [1.82, 2.24) is 0 Å². The van der Waals surface area contributed by atoms with Crippen LogP contribution in [-0.2, 0) is 0 Å². The second-order valence-electron chi connectivity index (χ2n) is 3.00. The molecule has 1 N–H and O–H groups in total. The Hall–Kier alpha value is -0.560. The van der Waals surface area contributed by atoms with Crippen molar-refractivity contribution in [2.75, 3.05) is 6.61 Å². The summed E-state index contributed by atoms with van der Waals surface area (Å²) in [4.78, 5) is 0. The molecule has 64 valence electrons. The van der Waals surface area contributed by atoms with E-state index in [1.54, 1.807) is 0 Å². The molecular weight excluding hydrogens is 136 g/mol. The maximum Gasteiger partial charge on any atom is 0.0639 e. The highest BCUT2D eigenvalue weighted by Crippen LogP contribution is 2.07. The van der Waals surface area contributed by atoms with E-state index in [-0.39, 0.29) is 6.61 Å². The normalized spacial score (nSPS) is 14.6. The van der Waals surface area contributed by atoms with Gasteiger partial charge < -0.3 is 5.11 Å². The maximum absolute atomic E-state index is 8.67. The van der Waals surface area contributed by atoms with Crippen molar-refractivity contribution in [3.63, 3.8) is 0 Å². The van der Waals surface area contributed by atoms with Gasteiger partial charge in [0.05, 0.1) is 6.61 Å². The van der Waals surface area contributed by atoms with Gasteiger partial charge in [-0.3, -0.25) is 0 Å². The Balaban J connectivity index is 3.47. The minimum absolute atomic E-state index is 0.183. The summed E-state index contributed by atoms with van der Waals surface area (Å²) in [6.07, 6.45) is 6.21. The molecule has 1 heteroatoms. The number of allylic oxidation sites excluding steroid dienone is 2. The molecule has 0 spiro atoms. The standard InChI is InChI=1S/C10H18O/c1-4-9(2)6-5-7-10(3)8-11/h4,7,9,11H,1,5-6,8H2,2-3H3. The summed E-state index contributed by atoms with van der Waals surface area (Å²) in [6.45, 7) is 7.98. The van der Waals surface area contributed by atoms with E-state index in [2.05, 4.69) is 19.6 Å². The van der Waals surface area contributed by atoms with Crippen molar-refractivity contribution in [2.24, 2.45) is 5.92 Å². The quantitative estimate of drug-likeness (QED) is 0.603.